The maximum absolute atomic E-state index is 13.1. The largest absolute Gasteiger partial charge is 0.457 e. The highest BCUT2D eigenvalue weighted by atomic mass is 16.7. The highest BCUT2D eigenvalue weighted by Crippen LogP contribution is 2.27. The first-order valence-electron chi connectivity index (χ1n) is 32.2. The Kier molecular flexibility index (Phi) is 47.7. The summed E-state index contributed by atoms with van der Waals surface area (Å²) >= 11 is 0. The molecule has 0 aromatic rings. The van der Waals surface area contributed by atoms with Gasteiger partial charge in [-0.3, -0.25) is 4.79 Å². The number of ether oxygens (including phenoxy) is 6. The average molecular weight is 1120 g/mol. The summed E-state index contributed by atoms with van der Waals surface area (Å²) in [6.07, 6.45) is 47.4. The highest BCUT2D eigenvalue weighted by molar-refractivity contribution is 5.69. The van der Waals surface area contributed by atoms with Gasteiger partial charge in [-0.25, -0.2) is 0 Å². The number of aliphatic hydroxyl groups excluding tert-OH is 7. The normalized spacial score (nSPS) is 24.3. The third-order valence-electron chi connectivity index (χ3n) is 15.3. The monoisotopic (exact) mass is 1120 g/mol. The summed E-state index contributed by atoms with van der Waals surface area (Å²) in [6, 6.07) is 0. The molecule has 0 aromatic carbocycles. The number of allylic oxidation sites excluding steroid dienone is 8. The van der Waals surface area contributed by atoms with Crippen molar-refractivity contribution in [2.75, 3.05) is 33.0 Å². The zero-order valence-corrected chi connectivity index (χ0v) is 49.9. The number of esters is 1. The minimum Gasteiger partial charge on any atom is -0.457 e. The highest BCUT2D eigenvalue weighted by Gasteiger charge is 2.47. The third kappa shape index (κ3) is 37.7. The smallest absolute Gasteiger partial charge is 0.306 e. The Morgan fingerprint density at radius 3 is 1.24 bits per heavy atom. The molecule has 14 nitrogen and oxygen atoms in total. The fourth-order valence-electron chi connectivity index (χ4n) is 10.1. The van der Waals surface area contributed by atoms with Crippen LogP contribution in [-0.2, 0) is 33.2 Å². The van der Waals surface area contributed by atoms with E-state index in [9.17, 15) is 40.5 Å². The summed E-state index contributed by atoms with van der Waals surface area (Å²) in [6.45, 7) is 3.69. The van der Waals surface area contributed by atoms with Crippen molar-refractivity contribution in [3.8, 4) is 0 Å². The van der Waals surface area contributed by atoms with Gasteiger partial charge in [-0.2, -0.15) is 0 Å². The van der Waals surface area contributed by atoms with E-state index in [1.807, 2.05) is 0 Å². The van der Waals surface area contributed by atoms with Crippen LogP contribution in [0, 0.1) is 0 Å². The molecule has 2 saturated heterocycles. The number of rotatable bonds is 53. The summed E-state index contributed by atoms with van der Waals surface area (Å²) in [5.41, 5.74) is 0. The molecule has 14 heteroatoms. The van der Waals surface area contributed by atoms with E-state index in [1.165, 1.54) is 173 Å². The minimum absolute atomic E-state index is 0.0550. The van der Waals surface area contributed by atoms with Crippen molar-refractivity contribution in [3.05, 3.63) is 48.6 Å². The molecule has 2 heterocycles. The molecule has 0 radical (unpaired) electrons. The molecule has 462 valence electrons. The molecule has 7 N–H and O–H groups in total. The second-order valence-corrected chi connectivity index (χ2v) is 22.6. The Balaban J connectivity index is 1.68. The molecule has 0 amide bonds. The number of hydrogen-bond donors (Lipinski definition) is 7. The van der Waals surface area contributed by atoms with Crippen LogP contribution in [0.25, 0.3) is 0 Å². The summed E-state index contributed by atoms with van der Waals surface area (Å²) < 4.78 is 34.5. The van der Waals surface area contributed by atoms with E-state index in [0.29, 0.717) is 13.0 Å². The fraction of sp³-hybridized carbons (Fsp3) is 0.862. The Labute approximate surface area is 480 Å². The lowest BCUT2D eigenvalue weighted by molar-refractivity contribution is -0.332. The van der Waals surface area contributed by atoms with Crippen molar-refractivity contribution >= 4 is 5.97 Å². The Bertz CT molecular complexity index is 1490. The van der Waals surface area contributed by atoms with Crippen LogP contribution in [0.3, 0.4) is 0 Å². The van der Waals surface area contributed by atoms with Crippen molar-refractivity contribution in [2.45, 2.75) is 325 Å². The van der Waals surface area contributed by atoms with Gasteiger partial charge >= 0.3 is 5.97 Å². The Morgan fingerprint density at radius 2 is 0.785 bits per heavy atom. The second-order valence-electron chi connectivity index (χ2n) is 22.6. The van der Waals surface area contributed by atoms with Crippen LogP contribution in [0.5, 0.6) is 0 Å². The number of unbranched alkanes of at least 4 members (excludes halogenated alkanes) is 31. The fourth-order valence-corrected chi connectivity index (χ4v) is 10.1. The minimum atomic E-state index is -1.71. The van der Waals surface area contributed by atoms with Gasteiger partial charge in [-0.15, -0.1) is 0 Å². The lowest BCUT2D eigenvalue weighted by atomic mass is 9.98. The lowest BCUT2D eigenvalue weighted by Crippen LogP contribution is -2.61. The van der Waals surface area contributed by atoms with Gasteiger partial charge < -0.3 is 64.2 Å². The predicted octanol–water partition coefficient (Wildman–Crippen LogP) is 12.6. The van der Waals surface area contributed by atoms with Crippen LogP contribution < -0.4 is 0 Å². The van der Waals surface area contributed by atoms with Gasteiger partial charge in [-0.05, 0) is 77.0 Å². The van der Waals surface area contributed by atoms with Gasteiger partial charge in [0.15, 0.2) is 12.6 Å². The summed E-state index contributed by atoms with van der Waals surface area (Å²) in [5.74, 6) is -0.378. The molecule has 2 aliphatic rings. The van der Waals surface area contributed by atoms with Crippen LogP contribution in [0.4, 0.5) is 0 Å². The molecule has 2 fully saturated rings. The van der Waals surface area contributed by atoms with Crippen molar-refractivity contribution in [3.63, 3.8) is 0 Å². The van der Waals surface area contributed by atoms with Gasteiger partial charge in [0, 0.05) is 13.0 Å². The molecule has 2 aliphatic heterocycles. The SMILES string of the molecule is CCCCCCC/C=C\C/C=C\C/C=C\CCCCCCCCCOCC(COC1OC(COC2OC(CO)C(O)C(O)C2O)C(O)C(O)C1O)OC(=O)CCCCCCCCCCCCC/C=C\CCCCCCCCCC. The van der Waals surface area contributed by atoms with E-state index in [0.717, 1.165) is 57.8 Å². The second kappa shape index (κ2) is 51.6. The molecule has 11 unspecified atom stereocenters. The van der Waals surface area contributed by atoms with Crippen LogP contribution in [0.15, 0.2) is 48.6 Å². The third-order valence-corrected chi connectivity index (χ3v) is 15.3. The van der Waals surface area contributed by atoms with Crippen molar-refractivity contribution in [1.82, 2.24) is 0 Å². The Morgan fingerprint density at radius 1 is 0.418 bits per heavy atom. The van der Waals surface area contributed by atoms with Crippen molar-refractivity contribution < 1.29 is 69.0 Å². The van der Waals surface area contributed by atoms with E-state index in [1.54, 1.807) is 0 Å². The first kappa shape index (κ1) is 73.1. The molecule has 0 aliphatic carbocycles. The van der Waals surface area contributed by atoms with Crippen LogP contribution >= 0.6 is 0 Å². The first-order chi connectivity index (χ1) is 38.6. The molecular weight excluding hydrogens is 1000 g/mol. The quantitative estimate of drug-likeness (QED) is 0.0172. The van der Waals surface area contributed by atoms with E-state index >= 15 is 0 Å². The average Bonchev–Trinajstić information content (AvgIpc) is 3.46. The molecule has 2 rings (SSSR count). The van der Waals surface area contributed by atoms with Crippen molar-refractivity contribution in [1.29, 1.82) is 0 Å². The lowest BCUT2D eigenvalue weighted by Gasteiger charge is -2.42. The molecule has 0 bridgehead atoms. The van der Waals surface area contributed by atoms with Crippen LogP contribution in [0.2, 0.25) is 0 Å². The van der Waals surface area contributed by atoms with Gasteiger partial charge in [0.2, 0.25) is 0 Å². The number of carbonyl (C=O) groups excluding carboxylic acids is 1. The molecule has 11 atom stereocenters. The molecular formula is C65H118O14. The predicted molar refractivity (Wildman–Crippen MR) is 316 cm³/mol. The van der Waals surface area contributed by atoms with E-state index in [2.05, 4.69) is 62.5 Å². The maximum Gasteiger partial charge on any atom is 0.306 e. The van der Waals surface area contributed by atoms with Gasteiger partial charge in [0.1, 0.15) is 54.9 Å². The summed E-state index contributed by atoms with van der Waals surface area (Å²) in [7, 11) is 0. The zero-order valence-electron chi connectivity index (χ0n) is 49.9. The number of hydrogen-bond acceptors (Lipinski definition) is 14. The van der Waals surface area contributed by atoms with E-state index in [-0.39, 0.29) is 25.6 Å². The molecule has 0 aromatic heterocycles. The van der Waals surface area contributed by atoms with E-state index in [4.69, 9.17) is 28.4 Å². The van der Waals surface area contributed by atoms with Crippen molar-refractivity contribution in [2.24, 2.45) is 0 Å². The standard InChI is InChI=1S/C65H118O14/c1-3-5-7-9-11-13-15-17-19-21-23-25-27-28-30-32-34-36-38-40-42-44-46-48-57(67)77-54(51-74-49-47-45-43-41-39-37-35-33-31-29-26-24-22-20-18-16-14-12-10-8-6-4-2)52-75-64-63(73)61(71)59(69)56(79-64)53-76-65-62(72)60(70)58(68)55(50-66)78-65/h16,18,21-24,29,31,54-56,58-66,68-73H,3-15,17,19-20,25-28,30,32-53H2,1-2H3/b18-16-,23-21-,24-22-,31-29-. The molecule has 0 spiro atoms. The zero-order chi connectivity index (χ0) is 57.2. The Hall–Kier alpha value is -2.05. The van der Waals surface area contributed by atoms with Crippen LogP contribution in [-0.4, -0.2) is 142 Å². The molecule has 79 heavy (non-hydrogen) atoms. The maximum atomic E-state index is 13.1. The summed E-state index contributed by atoms with van der Waals surface area (Å²) in [4.78, 5) is 13.1. The molecule has 0 saturated carbocycles. The van der Waals surface area contributed by atoms with Gasteiger partial charge in [0.25, 0.3) is 0 Å². The van der Waals surface area contributed by atoms with Gasteiger partial charge in [-0.1, -0.05) is 223 Å². The number of aliphatic hydroxyl groups is 7. The topological polar surface area (TPSA) is 214 Å². The van der Waals surface area contributed by atoms with Crippen LogP contribution in [0.1, 0.15) is 258 Å². The van der Waals surface area contributed by atoms with E-state index < -0.39 is 80.7 Å². The summed E-state index contributed by atoms with van der Waals surface area (Å²) in [5, 5.41) is 72.5. The first-order valence-corrected chi connectivity index (χ1v) is 32.2. The number of carbonyl (C=O) groups is 1. The van der Waals surface area contributed by atoms with Gasteiger partial charge in [0.05, 0.1) is 26.4 Å².